The van der Waals surface area contributed by atoms with Gasteiger partial charge in [0.15, 0.2) is 0 Å². The lowest BCUT2D eigenvalue weighted by Crippen LogP contribution is -2.54. The summed E-state index contributed by atoms with van der Waals surface area (Å²) in [5, 5.41) is 16.3. The van der Waals surface area contributed by atoms with Gasteiger partial charge in [-0.05, 0) is 49.6 Å². The van der Waals surface area contributed by atoms with Crippen LogP contribution in [-0.4, -0.2) is 40.6 Å². The summed E-state index contributed by atoms with van der Waals surface area (Å²) in [6.45, 7) is 5.02. The second-order valence-corrected chi connectivity index (χ2v) is 10.2. The summed E-state index contributed by atoms with van der Waals surface area (Å²) in [6.07, 6.45) is -0.443. The number of nitrogens with zero attached hydrogens (tertiary/aromatic N) is 1. The third-order valence-electron chi connectivity index (χ3n) is 5.70. The Bertz CT molecular complexity index is 1290. The lowest BCUT2D eigenvalue weighted by molar-refractivity contribution is -0.384. The molecule has 0 saturated heterocycles. The molecule has 0 aliphatic rings. The Hall–Kier alpha value is -4.73. The minimum atomic E-state index is -1.06. The maximum atomic E-state index is 13.5. The molecule has 210 valence electrons. The van der Waals surface area contributed by atoms with Gasteiger partial charge in [0.2, 0.25) is 5.91 Å². The second-order valence-electron chi connectivity index (χ2n) is 10.2. The fourth-order valence-electron chi connectivity index (χ4n) is 3.79. The van der Waals surface area contributed by atoms with Crippen LogP contribution in [0.5, 0.6) is 0 Å². The summed E-state index contributed by atoms with van der Waals surface area (Å²) < 4.78 is 10.8. The van der Waals surface area contributed by atoms with Crippen molar-refractivity contribution in [2.75, 3.05) is 0 Å². The molecule has 0 aliphatic carbocycles. The number of esters is 1. The average Bonchev–Trinajstić information content (AvgIpc) is 2.91. The van der Waals surface area contributed by atoms with Gasteiger partial charge in [-0.15, -0.1) is 0 Å². The van der Waals surface area contributed by atoms with Gasteiger partial charge in [-0.25, -0.2) is 9.59 Å². The highest BCUT2D eigenvalue weighted by Crippen LogP contribution is 2.14. The highest BCUT2D eigenvalue weighted by molar-refractivity contribution is 5.90. The monoisotopic (exact) mass is 547 g/mol. The zero-order valence-corrected chi connectivity index (χ0v) is 22.7. The van der Waals surface area contributed by atoms with Crippen LogP contribution >= 0.6 is 0 Å². The maximum Gasteiger partial charge on any atom is 0.408 e. The quantitative estimate of drug-likeness (QED) is 0.205. The van der Waals surface area contributed by atoms with Crippen LogP contribution in [0.4, 0.5) is 10.5 Å². The van der Waals surface area contributed by atoms with E-state index in [2.05, 4.69) is 10.6 Å². The van der Waals surface area contributed by atoms with Crippen molar-refractivity contribution in [1.29, 1.82) is 0 Å². The standard InChI is InChI=1S/C30H33N3O7/c1-30(2,3)40-29(36)32-25(18-21-10-6-4-7-11-21)27(34)31-26(19-22-12-8-5-9-13-22)28(35)39-20-23-14-16-24(17-15-23)33(37)38/h4-17,25-26H,18-20H2,1-3H3,(H,31,34)(H,32,36)/t25-,26+/m0/s1. The fraction of sp³-hybridized carbons (Fsp3) is 0.300. The van der Waals surface area contributed by atoms with Crippen LogP contribution in [0.1, 0.15) is 37.5 Å². The van der Waals surface area contributed by atoms with Crippen LogP contribution in [0.3, 0.4) is 0 Å². The van der Waals surface area contributed by atoms with Crippen LogP contribution in [0.25, 0.3) is 0 Å². The zero-order valence-electron chi connectivity index (χ0n) is 22.7. The van der Waals surface area contributed by atoms with Gasteiger partial charge >= 0.3 is 12.1 Å². The minimum absolute atomic E-state index is 0.0776. The molecule has 40 heavy (non-hydrogen) atoms. The topological polar surface area (TPSA) is 137 Å². The number of ether oxygens (including phenoxy) is 2. The molecular weight excluding hydrogens is 514 g/mol. The van der Waals surface area contributed by atoms with E-state index in [0.717, 1.165) is 11.1 Å². The third-order valence-corrected chi connectivity index (χ3v) is 5.70. The number of amides is 2. The molecule has 0 heterocycles. The Morgan fingerprint density at radius 2 is 1.30 bits per heavy atom. The number of alkyl carbamates (subject to hydrolysis) is 1. The summed E-state index contributed by atoms with van der Waals surface area (Å²) in [7, 11) is 0. The second kappa shape index (κ2) is 13.9. The first-order valence-electron chi connectivity index (χ1n) is 12.8. The fourth-order valence-corrected chi connectivity index (χ4v) is 3.79. The van der Waals surface area contributed by atoms with Crippen LogP contribution in [0.2, 0.25) is 0 Å². The SMILES string of the molecule is CC(C)(C)OC(=O)N[C@@H](Cc1ccccc1)C(=O)N[C@H](Cc1ccccc1)C(=O)OCc1ccc([N+](=O)[O-])cc1. The van der Waals surface area contributed by atoms with Crippen molar-refractivity contribution >= 4 is 23.7 Å². The van der Waals surface area contributed by atoms with Crippen molar-refractivity contribution in [3.63, 3.8) is 0 Å². The highest BCUT2D eigenvalue weighted by Gasteiger charge is 2.29. The van der Waals surface area contributed by atoms with E-state index in [9.17, 15) is 24.5 Å². The predicted octanol–water partition coefficient (Wildman–Crippen LogP) is 4.50. The number of hydrogen-bond donors (Lipinski definition) is 2. The van der Waals surface area contributed by atoms with E-state index in [1.54, 1.807) is 20.8 Å². The van der Waals surface area contributed by atoms with Gasteiger partial charge in [-0.3, -0.25) is 14.9 Å². The Morgan fingerprint density at radius 3 is 1.80 bits per heavy atom. The average molecular weight is 548 g/mol. The molecule has 3 aromatic carbocycles. The Kier molecular flexibility index (Phi) is 10.4. The number of carbonyl (C=O) groups is 3. The predicted molar refractivity (Wildman–Crippen MR) is 148 cm³/mol. The van der Waals surface area contributed by atoms with Crippen LogP contribution in [-0.2, 0) is 38.5 Å². The van der Waals surface area contributed by atoms with E-state index in [1.807, 2.05) is 60.7 Å². The number of hydrogen-bond acceptors (Lipinski definition) is 7. The largest absolute Gasteiger partial charge is 0.459 e. The van der Waals surface area contributed by atoms with Crippen LogP contribution in [0.15, 0.2) is 84.9 Å². The van der Waals surface area contributed by atoms with Gasteiger partial charge in [-0.2, -0.15) is 0 Å². The molecule has 0 fully saturated rings. The maximum absolute atomic E-state index is 13.5. The van der Waals surface area contributed by atoms with Gasteiger partial charge in [0.25, 0.3) is 5.69 Å². The first-order valence-corrected chi connectivity index (χ1v) is 12.8. The van der Waals surface area contributed by atoms with Crippen molar-refractivity contribution in [3.8, 4) is 0 Å². The third kappa shape index (κ3) is 9.86. The van der Waals surface area contributed by atoms with Gasteiger partial charge in [0.05, 0.1) is 4.92 Å². The molecule has 3 aromatic rings. The van der Waals surface area contributed by atoms with Gasteiger partial charge in [-0.1, -0.05) is 60.7 Å². The zero-order chi connectivity index (χ0) is 29.1. The lowest BCUT2D eigenvalue weighted by Gasteiger charge is -2.25. The molecule has 2 atom stereocenters. The Labute approximate surface area is 232 Å². The summed E-state index contributed by atoms with van der Waals surface area (Å²) >= 11 is 0. The van der Waals surface area contributed by atoms with Crippen molar-refractivity contribution in [2.24, 2.45) is 0 Å². The number of rotatable bonds is 11. The number of nitro benzene ring substituents is 1. The van der Waals surface area contributed by atoms with Crippen LogP contribution < -0.4 is 10.6 Å². The molecule has 0 unspecified atom stereocenters. The summed E-state index contributed by atoms with van der Waals surface area (Å²) in [5.41, 5.74) is 1.30. The molecule has 0 aliphatic heterocycles. The summed E-state index contributed by atoms with van der Waals surface area (Å²) in [6, 6.07) is 21.8. The van der Waals surface area contributed by atoms with Crippen molar-refractivity contribution in [3.05, 3.63) is 112 Å². The number of carbonyl (C=O) groups excluding carboxylic acids is 3. The molecule has 0 radical (unpaired) electrons. The number of nitro groups is 1. The normalized spacial score (nSPS) is 12.5. The Morgan fingerprint density at radius 1 is 0.775 bits per heavy atom. The summed E-state index contributed by atoms with van der Waals surface area (Å²) in [5.74, 6) is -1.27. The number of benzene rings is 3. The smallest absolute Gasteiger partial charge is 0.408 e. The lowest BCUT2D eigenvalue weighted by atomic mass is 10.0. The van der Waals surface area contributed by atoms with E-state index < -0.39 is 40.6 Å². The van der Waals surface area contributed by atoms with E-state index in [-0.39, 0.29) is 25.1 Å². The molecule has 0 saturated carbocycles. The molecule has 2 N–H and O–H groups in total. The number of non-ortho nitro benzene ring substituents is 1. The van der Waals surface area contributed by atoms with Gasteiger partial charge < -0.3 is 20.1 Å². The molecular formula is C30H33N3O7. The molecule has 2 amide bonds. The van der Waals surface area contributed by atoms with E-state index >= 15 is 0 Å². The Balaban J connectivity index is 1.77. The van der Waals surface area contributed by atoms with Crippen LogP contribution in [0, 0.1) is 10.1 Å². The van der Waals surface area contributed by atoms with Gasteiger partial charge in [0.1, 0.15) is 24.3 Å². The first kappa shape index (κ1) is 29.8. The minimum Gasteiger partial charge on any atom is -0.459 e. The van der Waals surface area contributed by atoms with E-state index in [4.69, 9.17) is 9.47 Å². The van der Waals surface area contributed by atoms with Crippen molar-refractivity contribution in [1.82, 2.24) is 10.6 Å². The van der Waals surface area contributed by atoms with E-state index in [0.29, 0.717) is 5.56 Å². The van der Waals surface area contributed by atoms with Crippen molar-refractivity contribution < 1.29 is 28.8 Å². The molecule has 10 heteroatoms. The molecule has 0 spiro atoms. The molecule has 10 nitrogen and oxygen atoms in total. The molecule has 3 rings (SSSR count). The molecule has 0 aromatic heterocycles. The van der Waals surface area contributed by atoms with E-state index in [1.165, 1.54) is 24.3 Å². The highest BCUT2D eigenvalue weighted by atomic mass is 16.6. The van der Waals surface area contributed by atoms with Gasteiger partial charge in [0, 0.05) is 25.0 Å². The first-order chi connectivity index (χ1) is 19.0. The summed E-state index contributed by atoms with van der Waals surface area (Å²) in [4.78, 5) is 49.6. The molecule has 0 bridgehead atoms. The van der Waals surface area contributed by atoms with Crippen molar-refractivity contribution in [2.45, 2.75) is 57.9 Å². The number of nitrogens with one attached hydrogen (secondary N) is 2.